The van der Waals surface area contributed by atoms with Crippen molar-refractivity contribution in [2.45, 2.75) is 24.9 Å². The monoisotopic (exact) mass is 291 g/mol. The number of hydrogen-bond donors (Lipinski definition) is 2. The molecule has 20 heavy (non-hydrogen) atoms. The van der Waals surface area contributed by atoms with Crippen LogP contribution in [0, 0.1) is 6.92 Å². The Labute approximate surface area is 118 Å². The van der Waals surface area contributed by atoms with Crippen LogP contribution in [0.5, 0.6) is 0 Å². The van der Waals surface area contributed by atoms with Crippen LogP contribution in [0.1, 0.15) is 16.8 Å². The molecule has 0 amide bonds. The van der Waals surface area contributed by atoms with Crippen molar-refractivity contribution in [2.75, 3.05) is 0 Å². The van der Waals surface area contributed by atoms with Crippen LogP contribution in [0.4, 0.5) is 0 Å². The van der Waals surface area contributed by atoms with Gasteiger partial charge in [0.05, 0.1) is 10.6 Å². The summed E-state index contributed by atoms with van der Waals surface area (Å²) >= 11 is 0. The van der Waals surface area contributed by atoms with Crippen molar-refractivity contribution in [3.63, 3.8) is 0 Å². The average molecular weight is 291 g/mol. The normalized spacial score (nSPS) is 11.5. The minimum Gasteiger partial charge on any atom is -0.307 e. The van der Waals surface area contributed by atoms with Gasteiger partial charge < -0.3 is 5.32 Å². The van der Waals surface area contributed by atoms with Gasteiger partial charge >= 0.3 is 0 Å². The lowest BCUT2D eigenvalue weighted by Crippen LogP contribution is -2.15. The number of pyridine rings is 1. The highest BCUT2D eigenvalue weighted by molar-refractivity contribution is 7.89. The highest BCUT2D eigenvalue weighted by Gasteiger charge is 2.07. The minimum absolute atomic E-state index is 0.130. The summed E-state index contributed by atoms with van der Waals surface area (Å²) in [4.78, 5) is 4.42. The second-order valence-corrected chi connectivity index (χ2v) is 6.18. The van der Waals surface area contributed by atoms with Crippen LogP contribution >= 0.6 is 0 Å². The van der Waals surface area contributed by atoms with Crippen molar-refractivity contribution in [3.05, 3.63) is 59.4 Å². The lowest BCUT2D eigenvalue weighted by atomic mass is 10.2. The average Bonchev–Trinajstić information content (AvgIpc) is 2.40. The van der Waals surface area contributed by atoms with E-state index in [0.29, 0.717) is 13.1 Å². The number of primary sulfonamides is 1. The zero-order valence-electron chi connectivity index (χ0n) is 11.2. The fourth-order valence-corrected chi connectivity index (χ4v) is 2.35. The summed E-state index contributed by atoms with van der Waals surface area (Å²) in [5.41, 5.74) is 2.93. The highest BCUT2D eigenvalue weighted by atomic mass is 32.2. The summed E-state index contributed by atoms with van der Waals surface area (Å²) < 4.78 is 22.5. The van der Waals surface area contributed by atoms with E-state index in [2.05, 4.69) is 10.3 Å². The van der Waals surface area contributed by atoms with Crippen molar-refractivity contribution < 1.29 is 8.42 Å². The van der Waals surface area contributed by atoms with Crippen LogP contribution in [0.2, 0.25) is 0 Å². The number of benzene rings is 1. The van der Waals surface area contributed by atoms with Crippen molar-refractivity contribution in [1.29, 1.82) is 0 Å². The van der Waals surface area contributed by atoms with E-state index in [1.807, 2.05) is 31.3 Å². The van der Waals surface area contributed by atoms with E-state index >= 15 is 0 Å². The van der Waals surface area contributed by atoms with Gasteiger partial charge in [0.1, 0.15) is 0 Å². The molecule has 0 aliphatic heterocycles. The van der Waals surface area contributed by atoms with Gasteiger partial charge in [0, 0.05) is 19.3 Å². The molecule has 0 saturated carbocycles. The Bertz CT molecular complexity index is 682. The zero-order valence-corrected chi connectivity index (χ0v) is 12.0. The Balaban J connectivity index is 1.96. The molecule has 2 rings (SSSR count). The topological polar surface area (TPSA) is 85.1 Å². The molecule has 6 heteroatoms. The maximum atomic E-state index is 11.3. The van der Waals surface area contributed by atoms with Crippen LogP contribution in [0.25, 0.3) is 0 Å². The molecular formula is C14H17N3O2S. The third-order valence-electron chi connectivity index (χ3n) is 2.83. The molecule has 0 bridgehead atoms. The molecule has 0 radical (unpaired) electrons. The maximum absolute atomic E-state index is 11.3. The molecule has 0 fully saturated rings. The van der Waals surface area contributed by atoms with Crippen LogP contribution in [-0.2, 0) is 23.1 Å². The van der Waals surface area contributed by atoms with Crippen LogP contribution in [0.3, 0.4) is 0 Å². The van der Waals surface area contributed by atoms with Gasteiger partial charge in [-0.2, -0.15) is 0 Å². The third kappa shape index (κ3) is 4.12. The SMILES string of the molecule is Cc1ccc(CNCc2cccc(S(N)(=O)=O)c2)nc1. The standard InChI is InChI=1S/C14H17N3O2S/c1-11-5-6-13(17-8-11)10-16-9-12-3-2-4-14(7-12)20(15,18)19/h2-8,16H,9-10H2,1H3,(H2,15,18,19). The molecule has 1 aromatic carbocycles. The molecule has 0 atom stereocenters. The quantitative estimate of drug-likeness (QED) is 0.870. The van der Waals surface area contributed by atoms with Gasteiger partial charge in [-0.3, -0.25) is 4.98 Å². The largest absolute Gasteiger partial charge is 0.307 e. The van der Waals surface area contributed by atoms with Crippen molar-refractivity contribution in [3.8, 4) is 0 Å². The van der Waals surface area contributed by atoms with E-state index in [-0.39, 0.29) is 4.90 Å². The van der Waals surface area contributed by atoms with Gasteiger partial charge in [0.15, 0.2) is 0 Å². The first-order chi connectivity index (χ1) is 9.45. The second kappa shape index (κ2) is 6.13. The number of sulfonamides is 1. The van der Waals surface area contributed by atoms with Crippen LogP contribution < -0.4 is 10.5 Å². The zero-order chi connectivity index (χ0) is 14.6. The fourth-order valence-electron chi connectivity index (χ4n) is 1.77. The molecule has 2 aromatic rings. The van der Waals surface area contributed by atoms with Gasteiger partial charge in [-0.25, -0.2) is 13.6 Å². The number of aromatic nitrogens is 1. The molecule has 5 nitrogen and oxygen atoms in total. The summed E-state index contributed by atoms with van der Waals surface area (Å²) in [6.07, 6.45) is 1.82. The van der Waals surface area contributed by atoms with Gasteiger partial charge in [-0.05, 0) is 36.2 Å². The Morgan fingerprint density at radius 2 is 2.00 bits per heavy atom. The van der Waals surface area contributed by atoms with Crippen LogP contribution in [0.15, 0.2) is 47.5 Å². The number of rotatable bonds is 5. The molecule has 0 aliphatic rings. The molecule has 3 N–H and O–H groups in total. The number of hydrogen-bond acceptors (Lipinski definition) is 4. The molecule has 1 heterocycles. The number of nitrogens with one attached hydrogen (secondary N) is 1. The van der Waals surface area contributed by atoms with Gasteiger partial charge in [0.2, 0.25) is 10.0 Å². The molecule has 1 aromatic heterocycles. The van der Waals surface area contributed by atoms with E-state index in [0.717, 1.165) is 16.8 Å². The molecule has 106 valence electrons. The molecule has 0 saturated heterocycles. The summed E-state index contributed by atoms with van der Waals surface area (Å²) in [6.45, 7) is 3.17. The summed E-state index contributed by atoms with van der Waals surface area (Å²) in [7, 11) is -3.65. The van der Waals surface area contributed by atoms with Crippen LogP contribution in [-0.4, -0.2) is 13.4 Å². The maximum Gasteiger partial charge on any atom is 0.238 e. The summed E-state index contributed by atoms with van der Waals surface area (Å²) in [5, 5.41) is 8.32. The lowest BCUT2D eigenvalue weighted by molar-refractivity contribution is 0.597. The first-order valence-corrected chi connectivity index (χ1v) is 7.74. The first kappa shape index (κ1) is 14.6. The first-order valence-electron chi connectivity index (χ1n) is 6.19. The third-order valence-corrected chi connectivity index (χ3v) is 3.75. The van der Waals surface area contributed by atoms with Crippen molar-refractivity contribution in [1.82, 2.24) is 10.3 Å². The Hall–Kier alpha value is -1.76. The van der Waals surface area contributed by atoms with E-state index < -0.39 is 10.0 Å². The fraction of sp³-hybridized carbons (Fsp3) is 0.214. The Morgan fingerprint density at radius 1 is 1.20 bits per heavy atom. The molecule has 0 aliphatic carbocycles. The van der Waals surface area contributed by atoms with E-state index in [1.54, 1.807) is 12.1 Å². The van der Waals surface area contributed by atoms with E-state index in [1.165, 1.54) is 6.07 Å². The summed E-state index contributed by atoms with van der Waals surface area (Å²) in [6, 6.07) is 10.6. The van der Waals surface area contributed by atoms with E-state index in [4.69, 9.17) is 5.14 Å². The number of nitrogens with zero attached hydrogens (tertiary/aromatic N) is 1. The van der Waals surface area contributed by atoms with Crippen molar-refractivity contribution in [2.24, 2.45) is 5.14 Å². The molecule has 0 spiro atoms. The number of aryl methyl sites for hydroxylation is 1. The highest BCUT2D eigenvalue weighted by Crippen LogP contribution is 2.09. The lowest BCUT2D eigenvalue weighted by Gasteiger charge is -2.06. The van der Waals surface area contributed by atoms with Crippen molar-refractivity contribution >= 4 is 10.0 Å². The van der Waals surface area contributed by atoms with Gasteiger partial charge in [0.25, 0.3) is 0 Å². The Kier molecular flexibility index (Phi) is 4.49. The second-order valence-electron chi connectivity index (χ2n) is 4.62. The molecular weight excluding hydrogens is 274 g/mol. The predicted molar refractivity (Wildman–Crippen MR) is 77.3 cm³/mol. The number of nitrogens with two attached hydrogens (primary N) is 1. The van der Waals surface area contributed by atoms with Gasteiger partial charge in [-0.15, -0.1) is 0 Å². The van der Waals surface area contributed by atoms with Gasteiger partial charge in [-0.1, -0.05) is 18.2 Å². The minimum atomic E-state index is -3.65. The molecule has 0 unspecified atom stereocenters. The smallest absolute Gasteiger partial charge is 0.238 e. The predicted octanol–water partition coefficient (Wildman–Crippen LogP) is 1.33. The summed E-state index contributed by atoms with van der Waals surface area (Å²) in [5.74, 6) is 0. The Morgan fingerprint density at radius 3 is 2.65 bits per heavy atom. The van der Waals surface area contributed by atoms with E-state index in [9.17, 15) is 8.42 Å².